The first-order chi connectivity index (χ1) is 15.6. The average molecular weight is 427 g/mol. The van der Waals surface area contributed by atoms with E-state index in [0.29, 0.717) is 46.9 Å². The largest absolute Gasteiger partial charge is 0.497 e. The zero-order chi connectivity index (χ0) is 22.1. The summed E-state index contributed by atoms with van der Waals surface area (Å²) in [6.07, 6.45) is 1.60. The number of hydrogen-bond acceptors (Lipinski definition) is 6. The monoisotopic (exact) mass is 427 g/mol. The molecule has 32 heavy (non-hydrogen) atoms. The van der Waals surface area contributed by atoms with Crippen LogP contribution in [0.5, 0.6) is 5.75 Å². The van der Waals surface area contributed by atoms with Crippen molar-refractivity contribution < 1.29 is 13.9 Å². The van der Waals surface area contributed by atoms with Gasteiger partial charge < -0.3 is 24.8 Å². The van der Waals surface area contributed by atoms with Gasteiger partial charge in [0, 0.05) is 6.54 Å². The molecule has 5 rings (SSSR count). The molecule has 3 heterocycles. The number of aromatic nitrogens is 3. The Morgan fingerprint density at radius 1 is 1.06 bits per heavy atom. The summed E-state index contributed by atoms with van der Waals surface area (Å²) in [4.78, 5) is 22.7. The van der Waals surface area contributed by atoms with Crippen molar-refractivity contribution in [2.75, 3.05) is 12.8 Å². The van der Waals surface area contributed by atoms with Gasteiger partial charge in [-0.15, -0.1) is 0 Å². The van der Waals surface area contributed by atoms with Gasteiger partial charge in [-0.1, -0.05) is 24.3 Å². The molecule has 0 aliphatic carbocycles. The number of nitrogens with zero attached hydrogens (tertiary/aromatic N) is 3. The molecule has 3 N–H and O–H groups in total. The summed E-state index contributed by atoms with van der Waals surface area (Å²) in [6.45, 7) is 0.683. The number of carbonyl (C=O) groups excluding carboxylic acids is 1. The number of nitrogens with two attached hydrogens (primary N) is 1. The lowest BCUT2D eigenvalue weighted by Gasteiger charge is -2.07. The van der Waals surface area contributed by atoms with Crippen molar-refractivity contribution in [3.8, 4) is 5.75 Å². The van der Waals surface area contributed by atoms with Gasteiger partial charge in [0.05, 0.1) is 31.0 Å². The Bertz CT molecular complexity index is 1410. The highest BCUT2D eigenvalue weighted by Crippen LogP contribution is 2.29. The van der Waals surface area contributed by atoms with Crippen molar-refractivity contribution in [2.24, 2.45) is 0 Å². The predicted molar refractivity (Wildman–Crippen MR) is 121 cm³/mol. The number of amides is 1. The first-order valence-corrected chi connectivity index (χ1v) is 10.1. The summed E-state index contributed by atoms with van der Waals surface area (Å²) in [5, 5.41) is 2.94. The minimum Gasteiger partial charge on any atom is -0.497 e. The first kappa shape index (κ1) is 19.6. The van der Waals surface area contributed by atoms with Gasteiger partial charge in [0.2, 0.25) is 0 Å². The number of ether oxygens (including phenoxy) is 1. The van der Waals surface area contributed by atoms with Gasteiger partial charge in [0.15, 0.2) is 5.65 Å². The highest BCUT2D eigenvalue weighted by Gasteiger charge is 2.24. The van der Waals surface area contributed by atoms with Crippen molar-refractivity contribution in [3.05, 3.63) is 83.8 Å². The zero-order valence-electron chi connectivity index (χ0n) is 17.4. The summed E-state index contributed by atoms with van der Waals surface area (Å²) >= 11 is 0. The fraction of sp³-hybridized carbons (Fsp3) is 0.125. The van der Waals surface area contributed by atoms with Crippen LogP contribution in [0, 0.1) is 0 Å². The molecule has 2 aromatic carbocycles. The molecule has 0 aliphatic heterocycles. The zero-order valence-corrected chi connectivity index (χ0v) is 17.4. The molecular weight excluding hydrogens is 406 g/mol. The van der Waals surface area contributed by atoms with Crippen LogP contribution in [0.25, 0.3) is 22.2 Å². The van der Waals surface area contributed by atoms with E-state index in [2.05, 4.69) is 5.32 Å². The second-order valence-corrected chi connectivity index (χ2v) is 7.34. The van der Waals surface area contributed by atoms with Crippen LogP contribution in [0.2, 0.25) is 0 Å². The number of carbonyl (C=O) groups is 1. The quantitative estimate of drug-likeness (QED) is 0.427. The highest BCUT2D eigenvalue weighted by molar-refractivity contribution is 6.10. The van der Waals surface area contributed by atoms with Crippen molar-refractivity contribution in [1.29, 1.82) is 0 Å². The number of nitrogens with one attached hydrogen (secondary N) is 1. The average Bonchev–Trinajstić information content (AvgIpc) is 3.43. The standard InChI is InChI=1S/C24H21N5O3/c1-31-16-10-8-15(9-11-16)13-26-24(30)20-21-23(28-19-7-3-2-6-18(19)27-21)29(22(20)25)14-17-5-4-12-32-17/h2-12H,13-14,25H2,1H3,(H,26,30). The molecule has 8 nitrogen and oxygen atoms in total. The van der Waals surface area contributed by atoms with Gasteiger partial charge in [-0.3, -0.25) is 4.79 Å². The Labute approximate surface area is 183 Å². The summed E-state index contributed by atoms with van der Waals surface area (Å²) in [5.41, 5.74) is 10.1. The third kappa shape index (κ3) is 3.51. The maximum Gasteiger partial charge on any atom is 0.257 e. The molecule has 0 aliphatic rings. The number of rotatable bonds is 6. The van der Waals surface area contributed by atoms with Gasteiger partial charge >= 0.3 is 0 Å². The van der Waals surface area contributed by atoms with Crippen molar-refractivity contribution in [1.82, 2.24) is 19.9 Å². The Morgan fingerprint density at radius 3 is 2.50 bits per heavy atom. The van der Waals surface area contributed by atoms with Crippen molar-refractivity contribution in [3.63, 3.8) is 0 Å². The molecule has 0 bridgehead atoms. The number of para-hydroxylation sites is 2. The van der Waals surface area contributed by atoms with Gasteiger partial charge in [-0.25, -0.2) is 9.97 Å². The molecule has 0 unspecified atom stereocenters. The fourth-order valence-electron chi connectivity index (χ4n) is 3.67. The van der Waals surface area contributed by atoms with Crippen LogP contribution in [-0.2, 0) is 13.1 Å². The van der Waals surface area contributed by atoms with Crippen molar-refractivity contribution in [2.45, 2.75) is 13.1 Å². The van der Waals surface area contributed by atoms with Crippen LogP contribution in [0.15, 0.2) is 71.3 Å². The van der Waals surface area contributed by atoms with Crippen LogP contribution >= 0.6 is 0 Å². The molecule has 160 valence electrons. The van der Waals surface area contributed by atoms with Crippen LogP contribution in [-0.4, -0.2) is 27.6 Å². The van der Waals surface area contributed by atoms with E-state index < -0.39 is 0 Å². The van der Waals surface area contributed by atoms with E-state index in [0.717, 1.165) is 16.8 Å². The molecule has 0 atom stereocenters. The van der Waals surface area contributed by atoms with Gasteiger partial charge in [-0.2, -0.15) is 0 Å². The Hall–Kier alpha value is -4.33. The summed E-state index contributed by atoms with van der Waals surface area (Å²) in [5.74, 6) is 1.44. The van der Waals surface area contributed by atoms with E-state index in [1.54, 1.807) is 24.0 Å². The highest BCUT2D eigenvalue weighted by atomic mass is 16.5. The van der Waals surface area contributed by atoms with E-state index in [-0.39, 0.29) is 5.91 Å². The molecule has 0 fully saturated rings. The molecule has 5 aromatic rings. The van der Waals surface area contributed by atoms with E-state index in [1.165, 1.54) is 0 Å². The lowest BCUT2D eigenvalue weighted by atomic mass is 10.2. The van der Waals surface area contributed by atoms with Crippen LogP contribution < -0.4 is 15.8 Å². The number of hydrogen-bond donors (Lipinski definition) is 2. The molecule has 0 saturated carbocycles. The molecule has 0 saturated heterocycles. The fourth-order valence-corrected chi connectivity index (χ4v) is 3.67. The maximum absolute atomic E-state index is 13.2. The smallest absolute Gasteiger partial charge is 0.257 e. The minimum absolute atomic E-state index is 0.291. The molecule has 1 amide bonds. The van der Waals surface area contributed by atoms with Crippen molar-refractivity contribution >= 4 is 33.9 Å². The van der Waals surface area contributed by atoms with Crippen LogP contribution in [0.1, 0.15) is 21.7 Å². The molecule has 3 aromatic heterocycles. The molecule has 0 spiro atoms. The minimum atomic E-state index is -0.314. The lowest BCUT2D eigenvalue weighted by molar-refractivity contribution is 0.0953. The normalized spacial score (nSPS) is 11.2. The van der Waals surface area contributed by atoms with Gasteiger partial charge in [0.1, 0.15) is 28.4 Å². The Morgan fingerprint density at radius 2 is 1.81 bits per heavy atom. The second kappa shape index (κ2) is 8.07. The topological polar surface area (TPSA) is 108 Å². The van der Waals surface area contributed by atoms with E-state index in [1.807, 2.05) is 54.6 Å². The van der Waals surface area contributed by atoms with Gasteiger partial charge in [0.25, 0.3) is 5.91 Å². The summed E-state index contributed by atoms with van der Waals surface area (Å²) in [6, 6.07) is 18.7. The summed E-state index contributed by atoms with van der Waals surface area (Å²) < 4.78 is 12.4. The van der Waals surface area contributed by atoms with Crippen LogP contribution in [0.4, 0.5) is 5.82 Å². The van der Waals surface area contributed by atoms with Crippen LogP contribution in [0.3, 0.4) is 0 Å². The second-order valence-electron chi connectivity index (χ2n) is 7.34. The number of furan rings is 1. The Kier molecular flexibility index (Phi) is 4.95. The van der Waals surface area contributed by atoms with E-state index >= 15 is 0 Å². The number of nitrogen functional groups attached to an aromatic ring is 1. The number of fused-ring (bicyclic) bond motifs is 2. The van der Waals surface area contributed by atoms with E-state index in [9.17, 15) is 4.79 Å². The number of benzene rings is 2. The maximum atomic E-state index is 13.2. The summed E-state index contributed by atoms with van der Waals surface area (Å²) in [7, 11) is 1.61. The van der Waals surface area contributed by atoms with E-state index in [4.69, 9.17) is 24.9 Å². The predicted octanol–water partition coefficient (Wildman–Crippen LogP) is 3.75. The number of methoxy groups -OCH3 is 1. The number of anilines is 1. The molecule has 8 heteroatoms. The lowest BCUT2D eigenvalue weighted by Crippen LogP contribution is -2.24. The SMILES string of the molecule is COc1ccc(CNC(=O)c2c(N)n(Cc3ccco3)c3nc4ccccc4nc23)cc1. The molecule has 0 radical (unpaired) electrons. The third-order valence-corrected chi connectivity index (χ3v) is 5.32. The molecular formula is C24H21N5O3. The first-order valence-electron chi connectivity index (χ1n) is 10.1. The third-order valence-electron chi connectivity index (χ3n) is 5.32. The van der Waals surface area contributed by atoms with Gasteiger partial charge in [-0.05, 0) is 42.0 Å². The Balaban J connectivity index is 1.55.